The molecule has 6 N–H and O–H groups in total. The van der Waals surface area contributed by atoms with Crippen LogP contribution in [0.1, 0.15) is 59.5 Å². The number of Topliss-reactive ketones (excluding diaryl/α,β-unsaturated/α-hetero) is 2. The van der Waals surface area contributed by atoms with Crippen molar-refractivity contribution >= 4 is 75.9 Å². The topological polar surface area (TPSA) is 232 Å². The molecule has 23 heteroatoms. The van der Waals surface area contributed by atoms with Crippen molar-refractivity contribution in [1.29, 1.82) is 0 Å². The average molecular weight is 1060 g/mol. The summed E-state index contributed by atoms with van der Waals surface area (Å²) in [6, 6.07) is 15.6. The highest BCUT2D eigenvalue weighted by atomic mass is 79.9. The molecule has 0 atom stereocenters. The SMILES string of the molecule is CC(=O)c1ccc(F)c(Br)c1.CC(=O)c1ccc(F)c(S(N)(=O)=O)c1.CC1(c2ccc(F)c(Br)c2)OCCO1.CC1(c2ccc(F)c(S(N)(=O)=O)c2)OCCO1.Cl.OCCO. The molecule has 0 amide bonds. The van der Waals surface area contributed by atoms with E-state index in [0.29, 0.717) is 46.5 Å². The second-order valence-corrected chi connectivity index (χ2v) is 17.3. The fourth-order valence-electron chi connectivity index (χ4n) is 4.80. The fraction of sp³-hybridized carbons (Fsp3) is 0.316. The third-order valence-electron chi connectivity index (χ3n) is 7.95. The van der Waals surface area contributed by atoms with Crippen molar-refractivity contribution < 1.29 is 73.1 Å². The van der Waals surface area contributed by atoms with Crippen LogP contribution >= 0.6 is 44.3 Å². The van der Waals surface area contributed by atoms with Gasteiger partial charge in [-0.1, -0.05) is 12.1 Å². The van der Waals surface area contributed by atoms with Gasteiger partial charge in [-0.3, -0.25) is 9.59 Å². The van der Waals surface area contributed by atoms with Gasteiger partial charge in [-0.25, -0.2) is 44.7 Å². The Morgan fingerprint density at radius 1 is 0.590 bits per heavy atom. The first-order valence-electron chi connectivity index (χ1n) is 17.1. The van der Waals surface area contributed by atoms with E-state index in [-0.39, 0.29) is 54.4 Å². The Hall–Kier alpha value is -3.23. The molecule has 2 heterocycles. The fourth-order valence-corrected chi connectivity index (χ4v) is 6.82. The molecule has 0 radical (unpaired) electrons. The number of hydrogen-bond acceptors (Lipinski definition) is 12. The van der Waals surface area contributed by atoms with Crippen LogP contribution in [0.25, 0.3) is 0 Å². The average Bonchev–Trinajstić information content (AvgIpc) is 3.83. The second-order valence-electron chi connectivity index (χ2n) is 12.5. The van der Waals surface area contributed by atoms with E-state index in [1.165, 1.54) is 50.2 Å². The van der Waals surface area contributed by atoms with E-state index in [1.807, 2.05) is 6.92 Å². The molecular weight excluding hydrogens is 1010 g/mol. The van der Waals surface area contributed by atoms with E-state index < -0.39 is 53.0 Å². The molecule has 2 aliphatic rings. The number of sulfonamides is 2. The van der Waals surface area contributed by atoms with Crippen LogP contribution in [-0.2, 0) is 50.6 Å². The third-order valence-corrected chi connectivity index (χ3v) is 11.0. The van der Waals surface area contributed by atoms with Crippen LogP contribution in [0.15, 0.2) is 91.5 Å². The maximum Gasteiger partial charge on any atom is 0.240 e. The van der Waals surface area contributed by atoms with Gasteiger partial charge in [0.05, 0.1) is 48.6 Å². The van der Waals surface area contributed by atoms with Gasteiger partial charge in [-0.15, -0.1) is 12.4 Å². The van der Waals surface area contributed by atoms with E-state index in [9.17, 15) is 44.0 Å². The van der Waals surface area contributed by atoms with Crippen molar-refractivity contribution in [1.82, 2.24) is 0 Å². The Bertz CT molecular complexity index is 2350. The summed E-state index contributed by atoms with van der Waals surface area (Å²) in [5, 5.41) is 24.9. The largest absolute Gasteiger partial charge is 0.394 e. The van der Waals surface area contributed by atoms with Crippen molar-refractivity contribution in [3.8, 4) is 0 Å². The second kappa shape index (κ2) is 24.6. The van der Waals surface area contributed by atoms with E-state index in [2.05, 4.69) is 31.9 Å². The maximum absolute atomic E-state index is 13.3. The van der Waals surface area contributed by atoms with Gasteiger partial charge in [-0.05, 0) is 120 Å². The van der Waals surface area contributed by atoms with Crippen molar-refractivity contribution in [3.63, 3.8) is 0 Å². The Morgan fingerprint density at radius 2 is 0.902 bits per heavy atom. The molecule has 2 saturated heterocycles. The zero-order valence-corrected chi connectivity index (χ0v) is 38.4. The van der Waals surface area contributed by atoms with E-state index in [0.717, 1.165) is 29.8 Å². The molecular formula is C38H43Br2ClF4N2O12S2. The zero-order chi connectivity index (χ0) is 45.6. The normalized spacial score (nSPS) is 14.9. The van der Waals surface area contributed by atoms with Gasteiger partial charge in [0.15, 0.2) is 23.1 Å². The van der Waals surface area contributed by atoms with Crippen molar-refractivity contribution in [2.75, 3.05) is 39.6 Å². The minimum Gasteiger partial charge on any atom is -0.394 e. The number of carbonyl (C=O) groups is 2. The summed E-state index contributed by atoms with van der Waals surface area (Å²) in [6.07, 6.45) is 0. The molecule has 0 bridgehead atoms. The molecule has 0 aliphatic carbocycles. The van der Waals surface area contributed by atoms with Crippen LogP contribution in [-0.4, -0.2) is 78.3 Å². The van der Waals surface area contributed by atoms with E-state index in [4.69, 9.17) is 39.4 Å². The highest BCUT2D eigenvalue weighted by molar-refractivity contribution is 9.10. The van der Waals surface area contributed by atoms with Crippen LogP contribution in [0.3, 0.4) is 0 Å². The lowest BCUT2D eigenvalue weighted by Crippen LogP contribution is -2.24. The smallest absolute Gasteiger partial charge is 0.240 e. The van der Waals surface area contributed by atoms with Gasteiger partial charge in [0.25, 0.3) is 0 Å². The van der Waals surface area contributed by atoms with Crippen molar-refractivity contribution in [2.24, 2.45) is 10.3 Å². The van der Waals surface area contributed by atoms with Crippen molar-refractivity contribution in [3.05, 3.63) is 127 Å². The van der Waals surface area contributed by atoms with Crippen LogP contribution in [0.2, 0.25) is 0 Å². The number of ether oxygens (including phenoxy) is 4. The molecule has 2 aliphatic heterocycles. The number of nitrogens with two attached hydrogens (primary N) is 2. The monoisotopic (exact) mass is 1050 g/mol. The molecule has 338 valence electrons. The van der Waals surface area contributed by atoms with Gasteiger partial charge in [0.2, 0.25) is 20.0 Å². The summed E-state index contributed by atoms with van der Waals surface area (Å²) in [5.41, 5.74) is 1.86. The maximum atomic E-state index is 13.3. The quantitative estimate of drug-likeness (QED) is 0.117. The number of aliphatic hydroxyl groups is 2. The minimum atomic E-state index is -4.12. The molecule has 2 fully saturated rings. The number of benzene rings is 4. The van der Waals surface area contributed by atoms with Crippen LogP contribution < -0.4 is 10.3 Å². The first kappa shape index (κ1) is 55.8. The molecule has 4 aromatic rings. The summed E-state index contributed by atoms with van der Waals surface area (Å²) in [5.74, 6) is -4.68. The Balaban J connectivity index is 0.000000396. The molecule has 14 nitrogen and oxygen atoms in total. The van der Waals surface area contributed by atoms with Crippen LogP contribution in [0.5, 0.6) is 0 Å². The first-order valence-corrected chi connectivity index (χ1v) is 21.8. The molecule has 0 unspecified atom stereocenters. The van der Waals surface area contributed by atoms with E-state index in [1.54, 1.807) is 19.1 Å². The summed E-state index contributed by atoms with van der Waals surface area (Å²) in [4.78, 5) is 20.4. The van der Waals surface area contributed by atoms with Crippen LogP contribution in [0, 0.1) is 23.3 Å². The summed E-state index contributed by atoms with van der Waals surface area (Å²) < 4.78 is 118. The van der Waals surface area contributed by atoms with Gasteiger partial charge in [0, 0.05) is 22.3 Å². The number of halogens is 7. The van der Waals surface area contributed by atoms with E-state index >= 15 is 0 Å². The lowest BCUT2D eigenvalue weighted by molar-refractivity contribution is -0.150. The van der Waals surface area contributed by atoms with Gasteiger partial charge in [-0.2, -0.15) is 0 Å². The Kier molecular flexibility index (Phi) is 22.5. The Morgan fingerprint density at radius 3 is 1.25 bits per heavy atom. The number of ketones is 2. The highest BCUT2D eigenvalue weighted by Crippen LogP contribution is 2.34. The van der Waals surface area contributed by atoms with Crippen LogP contribution in [0.4, 0.5) is 17.6 Å². The number of carbonyl (C=O) groups excluding carboxylic acids is 2. The predicted octanol–water partition coefficient (Wildman–Crippen LogP) is 6.36. The van der Waals surface area contributed by atoms with Gasteiger partial charge in [0.1, 0.15) is 33.1 Å². The van der Waals surface area contributed by atoms with Gasteiger partial charge >= 0.3 is 0 Å². The standard InChI is InChI=1S/C10H10BrFO2.C10H12FNO4S.C8H6BrFO.C8H8FNO3S.C2H6O2.ClH/c1-10(13-4-5-14-10)7-2-3-9(12)8(11)6-7;1-10(15-4-5-16-10)7-2-3-8(11)9(6-7)17(12,13)14;1-5(11)6-2-3-8(10)7(9)4-6;1-5(11)6-2-3-7(9)8(4-6)14(10,12)13;3-1-2-4;/h2-3,6H,4-5H2,1H3;2-3,6H,4-5H2,1H3,(H2,12,13,14);2-4H,1H3;2-4H,1H3,(H2,10,12,13);3-4H,1-2H2;1H. The number of hydrogen-bond donors (Lipinski definition) is 4. The lowest BCUT2D eigenvalue weighted by Gasteiger charge is -2.23. The number of aliphatic hydroxyl groups excluding tert-OH is 2. The third kappa shape index (κ3) is 17.1. The molecule has 0 spiro atoms. The lowest BCUT2D eigenvalue weighted by atomic mass is 10.1. The molecule has 4 aromatic carbocycles. The van der Waals surface area contributed by atoms with Gasteiger partial charge < -0.3 is 29.2 Å². The predicted molar refractivity (Wildman–Crippen MR) is 224 cm³/mol. The number of primary sulfonamides is 2. The number of rotatable bonds is 7. The molecule has 6 rings (SSSR count). The summed E-state index contributed by atoms with van der Waals surface area (Å²) in [7, 11) is -8.22. The minimum absolute atomic E-state index is 0. The Labute approximate surface area is 373 Å². The highest BCUT2D eigenvalue weighted by Gasteiger charge is 2.35. The molecule has 0 saturated carbocycles. The first-order chi connectivity index (χ1) is 27.8. The summed E-state index contributed by atoms with van der Waals surface area (Å²) >= 11 is 6.12. The zero-order valence-electron chi connectivity index (χ0n) is 32.8. The summed E-state index contributed by atoms with van der Waals surface area (Å²) in [6.45, 7) is 7.87. The molecule has 0 aromatic heterocycles. The molecule has 61 heavy (non-hydrogen) atoms. The van der Waals surface area contributed by atoms with Crippen molar-refractivity contribution in [2.45, 2.75) is 49.1 Å².